The first-order valence-corrected chi connectivity index (χ1v) is 9.88. The molecule has 0 radical (unpaired) electrons. The minimum absolute atomic E-state index is 0.0101. The molecule has 2 atom stereocenters. The molecule has 0 spiro atoms. The van der Waals surface area contributed by atoms with Crippen LogP contribution in [0.4, 0.5) is 4.79 Å². The average Bonchev–Trinajstić information content (AvgIpc) is 3.14. The fourth-order valence-corrected chi connectivity index (χ4v) is 3.78. The van der Waals surface area contributed by atoms with Crippen LogP contribution < -0.4 is 5.32 Å². The molecule has 0 bridgehead atoms. The molecular weight excluding hydrogens is 358 g/mol. The van der Waals surface area contributed by atoms with Crippen LogP contribution in [0.3, 0.4) is 0 Å². The Labute approximate surface area is 165 Å². The summed E-state index contributed by atoms with van der Waals surface area (Å²) in [5.74, 6) is -0.439. The zero-order valence-corrected chi connectivity index (χ0v) is 16.4. The Hall–Kier alpha value is -2.83. The normalized spacial score (nSPS) is 19.1. The number of carbonyl (C=O) groups excluding carboxylic acids is 2. The van der Waals surface area contributed by atoms with E-state index in [1.54, 1.807) is 20.2 Å². The van der Waals surface area contributed by atoms with E-state index in [9.17, 15) is 9.59 Å². The molecule has 28 heavy (non-hydrogen) atoms. The van der Waals surface area contributed by atoms with Gasteiger partial charge in [-0.05, 0) is 26.7 Å². The standard InChI is InChI=1S/C21H27N3O4/c1-3-27-20(25)18-19(15-10-6-5-7-11-15)24(14-22-18)17-13-9-8-12-16(17)23-21(26)28-4-2/h5-7,10-11,14,16-17H,3-4,8-9,12-13H2,1-2H3,(H,23,26)/t16-,17+/m0/s1. The van der Waals surface area contributed by atoms with Gasteiger partial charge in [0.2, 0.25) is 0 Å². The number of hydrogen-bond donors (Lipinski definition) is 1. The zero-order chi connectivity index (χ0) is 19.9. The molecule has 1 aromatic heterocycles. The van der Waals surface area contributed by atoms with Crippen LogP contribution in [0.25, 0.3) is 11.3 Å². The van der Waals surface area contributed by atoms with Gasteiger partial charge in [-0.1, -0.05) is 43.2 Å². The van der Waals surface area contributed by atoms with Crippen molar-refractivity contribution in [2.24, 2.45) is 0 Å². The summed E-state index contributed by atoms with van der Waals surface area (Å²) in [6, 6.07) is 9.59. The smallest absolute Gasteiger partial charge is 0.407 e. The van der Waals surface area contributed by atoms with Crippen molar-refractivity contribution in [3.8, 4) is 11.3 Å². The van der Waals surface area contributed by atoms with Crippen molar-refractivity contribution < 1.29 is 19.1 Å². The van der Waals surface area contributed by atoms with Gasteiger partial charge in [0.1, 0.15) is 0 Å². The second-order valence-electron chi connectivity index (χ2n) is 6.76. The van der Waals surface area contributed by atoms with Crippen molar-refractivity contribution in [2.75, 3.05) is 13.2 Å². The molecule has 1 aromatic carbocycles. The Kier molecular flexibility index (Phi) is 6.68. The third-order valence-electron chi connectivity index (χ3n) is 4.98. The number of ether oxygens (including phenoxy) is 2. The number of nitrogens with one attached hydrogen (secondary N) is 1. The largest absolute Gasteiger partial charge is 0.461 e. The van der Waals surface area contributed by atoms with Crippen LogP contribution in [0.5, 0.6) is 0 Å². The maximum Gasteiger partial charge on any atom is 0.407 e. The van der Waals surface area contributed by atoms with Gasteiger partial charge in [-0.25, -0.2) is 14.6 Å². The Morgan fingerprint density at radius 1 is 1.11 bits per heavy atom. The summed E-state index contributed by atoms with van der Waals surface area (Å²) >= 11 is 0. The first-order chi connectivity index (χ1) is 13.7. The lowest BCUT2D eigenvalue weighted by atomic mass is 9.89. The number of alkyl carbamates (subject to hydrolysis) is 1. The Bertz CT molecular complexity index is 803. The van der Waals surface area contributed by atoms with Crippen molar-refractivity contribution in [3.63, 3.8) is 0 Å². The van der Waals surface area contributed by atoms with E-state index in [2.05, 4.69) is 10.3 Å². The number of rotatable bonds is 6. The molecule has 0 aliphatic heterocycles. The summed E-state index contributed by atoms with van der Waals surface area (Å²) in [6.45, 7) is 4.18. The number of carbonyl (C=O) groups is 2. The lowest BCUT2D eigenvalue weighted by molar-refractivity contribution is 0.0520. The van der Waals surface area contributed by atoms with Gasteiger partial charge in [-0.3, -0.25) is 0 Å². The van der Waals surface area contributed by atoms with Crippen LogP contribution in [0.1, 0.15) is 56.1 Å². The fourth-order valence-electron chi connectivity index (χ4n) is 3.78. The molecule has 1 heterocycles. The van der Waals surface area contributed by atoms with Gasteiger partial charge < -0.3 is 19.4 Å². The van der Waals surface area contributed by atoms with E-state index in [0.29, 0.717) is 12.3 Å². The third kappa shape index (κ3) is 4.35. The van der Waals surface area contributed by atoms with Crippen LogP contribution in [0.2, 0.25) is 0 Å². The summed E-state index contributed by atoms with van der Waals surface area (Å²) in [7, 11) is 0. The van der Waals surface area contributed by atoms with Crippen molar-refractivity contribution >= 4 is 12.1 Å². The lowest BCUT2D eigenvalue weighted by Gasteiger charge is -2.33. The van der Waals surface area contributed by atoms with Gasteiger partial charge in [0, 0.05) is 5.56 Å². The molecule has 1 aliphatic carbocycles. The van der Waals surface area contributed by atoms with Crippen molar-refractivity contribution in [3.05, 3.63) is 42.4 Å². The van der Waals surface area contributed by atoms with E-state index >= 15 is 0 Å². The van der Waals surface area contributed by atoms with E-state index in [-0.39, 0.29) is 18.7 Å². The Balaban J connectivity index is 1.99. The van der Waals surface area contributed by atoms with Crippen molar-refractivity contribution in [2.45, 2.75) is 51.6 Å². The lowest BCUT2D eigenvalue weighted by Crippen LogP contribution is -2.43. The molecule has 1 aliphatic rings. The monoisotopic (exact) mass is 385 g/mol. The van der Waals surface area contributed by atoms with Crippen LogP contribution in [-0.4, -0.2) is 40.9 Å². The van der Waals surface area contributed by atoms with Crippen LogP contribution in [-0.2, 0) is 9.47 Å². The fraction of sp³-hybridized carbons (Fsp3) is 0.476. The number of aromatic nitrogens is 2. The first kappa shape index (κ1) is 19.9. The molecule has 0 unspecified atom stereocenters. The second kappa shape index (κ2) is 9.39. The van der Waals surface area contributed by atoms with Crippen LogP contribution in [0.15, 0.2) is 36.7 Å². The molecular formula is C21H27N3O4. The third-order valence-corrected chi connectivity index (χ3v) is 4.98. The SMILES string of the molecule is CCOC(=O)N[C@H]1CCCC[C@H]1n1cnc(C(=O)OCC)c1-c1ccccc1. The van der Waals surface area contributed by atoms with Gasteiger partial charge in [-0.15, -0.1) is 0 Å². The second-order valence-corrected chi connectivity index (χ2v) is 6.76. The minimum atomic E-state index is -0.439. The Morgan fingerprint density at radius 3 is 2.54 bits per heavy atom. The highest BCUT2D eigenvalue weighted by Crippen LogP contribution is 2.34. The van der Waals surface area contributed by atoms with E-state index in [4.69, 9.17) is 9.47 Å². The van der Waals surface area contributed by atoms with E-state index in [1.165, 1.54) is 0 Å². The molecule has 1 fully saturated rings. The predicted octanol–water partition coefficient (Wildman–Crippen LogP) is 3.96. The summed E-state index contributed by atoms with van der Waals surface area (Å²) in [5.41, 5.74) is 1.92. The maximum absolute atomic E-state index is 12.5. The zero-order valence-electron chi connectivity index (χ0n) is 16.4. The highest BCUT2D eigenvalue weighted by Gasteiger charge is 2.32. The van der Waals surface area contributed by atoms with Gasteiger partial charge in [0.15, 0.2) is 5.69 Å². The van der Waals surface area contributed by atoms with Gasteiger partial charge >= 0.3 is 12.1 Å². The average molecular weight is 385 g/mol. The van der Waals surface area contributed by atoms with Crippen LogP contribution in [0, 0.1) is 0 Å². The molecule has 1 amide bonds. The van der Waals surface area contributed by atoms with E-state index < -0.39 is 12.1 Å². The number of esters is 1. The van der Waals surface area contributed by atoms with Gasteiger partial charge in [-0.2, -0.15) is 0 Å². The summed E-state index contributed by atoms with van der Waals surface area (Å²) in [5, 5.41) is 2.98. The van der Waals surface area contributed by atoms with Gasteiger partial charge in [0.05, 0.1) is 37.3 Å². The summed E-state index contributed by atoms with van der Waals surface area (Å²) in [6.07, 6.45) is 5.09. The van der Waals surface area contributed by atoms with Gasteiger partial charge in [0.25, 0.3) is 0 Å². The molecule has 0 saturated heterocycles. The summed E-state index contributed by atoms with van der Waals surface area (Å²) < 4.78 is 12.3. The van der Waals surface area contributed by atoms with E-state index in [1.807, 2.05) is 34.9 Å². The molecule has 1 N–H and O–H groups in total. The highest BCUT2D eigenvalue weighted by atomic mass is 16.5. The number of benzene rings is 1. The predicted molar refractivity (Wildman–Crippen MR) is 105 cm³/mol. The Morgan fingerprint density at radius 2 is 1.82 bits per heavy atom. The molecule has 150 valence electrons. The quantitative estimate of drug-likeness (QED) is 0.761. The highest BCUT2D eigenvalue weighted by molar-refractivity contribution is 5.94. The molecule has 2 aromatic rings. The minimum Gasteiger partial charge on any atom is -0.461 e. The molecule has 3 rings (SSSR count). The molecule has 7 nitrogen and oxygen atoms in total. The summed E-state index contributed by atoms with van der Waals surface area (Å²) in [4.78, 5) is 28.9. The van der Waals surface area contributed by atoms with Crippen LogP contribution >= 0.6 is 0 Å². The number of nitrogens with zero attached hydrogens (tertiary/aromatic N) is 2. The first-order valence-electron chi connectivity index (χ1n) is 9.88. The van der Waals surface area contributed by atoms with E-state index in [0.717, 1.165) is 36.9 Å². The molecule has 1 saturated carbocycles. The topological polar surface area (TPSA) is 82.5 Å². The van der Waals surface area contributed by atoms with Crippen molar-refractivity contribution in [1.82, 2.24) is 14.9 Å². The molecule has 7 heteroatoms. The number of imidazole rings is 1. The number of amides is 1. The van der Waals surface area contributed by atoms with Crippen molar-refractivity contribution in [1.29, 1.82) is 0 Å². The maximum atomic E-state index is 12.5. The number of hydrogen-bond acceptors (Lipinski definition) is 5.